The fourth-order valence-corrected chi connectivity index (χ4v) is 3.77. The van der Waals surface area contributed by atoms with Gasteiger partial charge in [-0.3, -0.25) is 19.4 Å². The molecule has 3 N–H and O–H groups in total. The monoisotopic (exact) mass is 386 g/mol. The van der Waals surface area contributed by atoms with Crippen LogP contribution in [0.25, 0.3) is 11.3 Å². The topological polar surface area (TPSA) is 115 Å². The molecule has 0 aromatic carbocycles. The van der Waals surface area contributed by atoms with Crippen LogP contribution < -0.4 is 11.1 Å². The zero-order valence-electron chi connectivity index (χ0n) is 13.4. The first kappa shape index (κ1) is 17.9. The third-order valence-electron chi connectivity index (χ3n) is 3.58. The number of nitrogens with two attached hydrogens (primary N) is 1. The molecule has 0 aliphatic rings. The molecule has 0 aliphatic heterocycles. The Labute approximate surface area is 157 Å². The van der Waals surface area contributed by atoms with Gasteiger partial charge in [-0.05, 0) is 35.1 Å². The van der Waals surface area contributed by atoms with Crippen LogP contribution in [0.5, 0.6) is 0 Å². The summed E-state index contributed by atoms with van der Waals surface area (Å²) in [6.07, 6.45) is 1.80. The molecule has 0 fully saturated rings. The van der Waals surface area contributed by atoms with E-state index in [4.69, 9.17) is 5.73 Å². The number of nitrogens with one attached hydrogen (secondary N) is 1. The van der Waals surface area contributed by atoms with Gasteiger partial charge in [0.1, 0.15) is 6.04 Å². The lowest BCUT2D eigenvalue weighted by molar-refractivity contribution is -0.137. The Bertz CT molecular complexity index is 923. The fourth-order valence-electron chi connectivity index (χ4n) is 2.34. The fraction of sp³-hybridized carbons (Fsp3) is 0.118. The Kier molecular flexibility index (Phi) is 5.49. The first-order chi connectivity index (χ1) is 12.6. The molecule has 3 rings (SSSR count). The lowest BCUT2D eigenvalue weighted by atomic mass is 10.1. The second-order valence-corrected chi connectivity index (χ2v) is 6.99. The first-order valence-electron chi connectivity index (χ1n) is 7.59. The van der Waals surface area contributed by atoms with E-state index < -0.39 is 23.6 Å². The van der Waals surface area contributed by atoms with Gasteiger partial charge >= 0.3 is 0 Å². The number of ketones is 1. The van der Waals surface area contributed by atoms with Crippen molar-refractivity contribution >= 4 is 40.5 Å². The zero-order valence-corrected chi connectivity index (χ0v) is 15.0. The molecule has 0 saturated carbocycles. The Morgan fingerprint density at radius 3 is 2.69 bits per heavy atom. The van der Waals surface area contributed by atoms with Crippen molar-refractivity contribution in [1.82, 2.24) is 14.7 Å². The van der Waals surface area contributed by atoms with Crippen LogP contribution in [0.3, 0.4) is 0 Å². The van der Waals surface area contributed by atoms with Crippen LogP contribution in [0.1, 0.15) is 15.4 Å². The van der Waals surface area contributed by atoms with Crippen LogP contribution in [0, 0.1) is 0 Å². The van der Waals surface area contributed by atoms with Gasteiger partial charge in [0, 0.05) is 28.4 Å². The SMILES string of the molecule is NC(=O)C(=O)C(Cc1cccs1)NC(=O)c1nscc1-c1ccccn1. The number of rotatable bonds is 7. The maximum atomic E-state index is 12.7. The molecule has 7 nitrogen and oxygen atoms in total. The second-order valence-electron chi connectivity index (χ2n) is 5.33. The number of nitrogens with zero attached hydrogens (tertiary/aromatic N) is 2. The Hall–Kier alpha value is -2.91. The Balaban J connectivity index is 1.83. The highest BCUT2D eigenvalue weighted by Gasteiger charge is 2.28. The summed E-state index contributed by atoms with van der Waals surface area (Å²) in [6.45, 7) is 0. The number of amides is 2. The lowest BCUT2D eigenvalue weighted by Gasteiger charge is -2.15. The van der Waals surface area contributed by atoms with Crippen LogP contribution in [0.15, 0.2) is 47.3 Å². The van der Waals surface area contributed by atoms with E-state index in [-0.39, 0.29) is 12.1 Å². The number of hydrogen-bond donors (Lipinski definition) is 2. The van der Waals surface area contributed by atoms with Crippen molar-refractivity contribution < 1.29 is 14.4 Å². The summed E-state index contributed by atoms with van der Waals surface area (Å²) >= 11 is 2.54. The maximum absolute atomic E-state index is 12.7. The van der Waals surface area contributed by atoms with Crippen molar-refractivity contribution in [2.45, 2.75) is 12.5 Å². The minimum absolute atomic E-state index is 0.155. The van der Waals surface area contributed by atoms with Gasteiger partial charge in [-0.15, -0.1) is 11.3 Å². The molecule has 0 aliphatic carbocycles. The smallest absolute Gasteiger partial charge is 0.287 e. The average Bonchev–Trinajstić information content (AvgIpc) is 3.32. The number of pyridine rings is 1. The van der Waals surface area contributed by atoms with Gasteiger partial charge in [0.15, 0.2) is 5.69 Å². The number of Topliss-reactive ketones (excluding diaryl/α,β-unsaturated/α-hetero) is 1. The summed E-state index contributed by atoms with van der Waals surface area (Å²) in [6, 6.07) is 7.94. The van der Waals surface area contributed by atoms with E-state index in [9.17, 15) is 14.4 Å². The van der Waals surface area contributed by atoms with Crippen molar-refractivity contribution in [3.8, 4) is 11.3 Å². The van der Waals surface area contributed by atoms with Gasteiger partial charge in [-0.25, -0.2) is 0 Å². The summed E-state index contributed by atoms with van der Waals surface area (Å²) in [4.78, 5) is 41.2. The van der Waals surface area contributed by atoms with Gasteiger partial charge in [-0.1, -0.05) is 12.1 Å². The minimum Gasteiger partial charge on any atom is -0.363 e. The summed E-state index contributed by atoms with van der Waals surface area (Å²) in [5.74, 6) is -2.49. The van der Waals surface area contributed by atoms with Crippen LogP contribution in [-0.2, 0) is 16.0 Å². The van der Waals surface area contributed by atoms with E-state index in [0.29, 0.717) is 11.3 Å². The highest BCUT2D eigenvalue weighted by atomic mass is 32.1. The van der Waals surface area contributed by atoms with Crippen molar-refractivity contribution in [1.29, 1.82) is 0 Å². The molecule has 0 bridgehead atoms. The predicted octanol–water partition coefficient (Wildman–Crippen LogP) is 1.66. The van der Waals surface area contributed by atoms with E-state index in [1.807, 2.05) is 17.5 Å². The van der Waals surface area contributed by atoms with E-state index in [1.165, 1.54) is 11.3 Å². The summed E-state index contributed by atoms with van der Waals surface area (Å²) in [5.41, 5.74) is 6.44. The number of carbonyl (C=O) groups excluding carboxylic acids is 3. The molecule has 3 aromatic rings. The maximum Gasteiger partial charge on any atom is 0.287 e. The molecule has 2 amide bonds. The van der Waals surface area contributed by atoms with Gasteiger partial charge in [0.2, 0.25) is 5.78 Å². The minimum atomic E-state index is -1.09. The quantitative estimate of drug-likeness (QED) is 0.599. The zero-order chi connectivity index (χ0) is 18.5. The van der Waals surface area contributed by atoms with Crippen LogP contribution >= 0.6 is 22.9 Å². The third-order valence-corrected chi connectivity index (χ3v) is 5.10. The second kappa shape index (κ2) is 7.98. The van der Waals surface area contributed by atoms with Crippen LogP contribution in [0.2, 0.25) is 0 Å². The highest BCUT2D eigenvalue weighted by molar-refractivity contribution is 7.09. The summed E-state index contributed by atoms with van der Waals surface area (Å²) in [5, 5.41) is 6.14. The average molecular weight is 386 g/mol. The van der Waals surface area contributed by atoms with Gasteiger partial charge in [0.05, 0.1) is 5.69 Å². The molecule has 0 radical (unpaired) electrons. The largest absolute Gasteiger partial charge is 0.363 e. The highest BCUT2D eigenvalue weighted by Crippen LogP contribution is 2.23. The van der Waals surface area contributed by atoms with Crippen molar-refractivity contribution in [3.63, 3.8) is 0 Å². The van der Waals surface area contributed by atoms with Gasteiger partial charge < -0.3 is 11.1 Å². The number of aromatic nitrogens is 2. The van der Waals surface area contributed by atoms with E-state index in [2.05, 4.69) is 14.7 Å². The van der Waals surface area contributed by atoms with Gasteiger partial charge in [-0.2, -0.15) is 4.37 Å². The third kappa shape index (κ3) is 4.01. The van der Waals surface area contributed by atoms with E-state index in [1.54, 1.807) is 29.8 Å². The molecule has 0 spiro atoms. The molecule has 0 saturated heterocycles. The Morgan fingerprint density at radius 1 is 1.19 bits per heavy atom. The van der Waals surface area contributed by atoms with E-state index >= 15 is 0 Å². The standard InChI is InChI=1S/C17H14N4O3S2/c18-16(23)15(22)13(8-10-4-3-7-25-10)20-17(24)14-11(9-26-21-14)12-5-1-2-6-19-12/h1-7,9,13H,8H2,(H2,18,23)(H,20,24). The van der Waals surface area contributed by atoms with Crippen LogP contribution in [0.4, 0.5) is 0 Å². The molecule has 9 heteroatoms. The molecule has 1 atom stereocenters. The molecule has 1 unspecified atom stereocenters. The van der Waals surface area contributed by atoms with Crippen LogP contribution in [-0.4, -0.2) is 33.0 Å². The van der Waals surface area contributed by atoms with Crippen molar-refractivity contribution in [2.75, 3.05) is 0 Å². The van der Waals surface area contributed by atoms with Crippen molar-refractivity contribution in [3.05, 3.63) is 57.9 Å². The number of carbonyl (C=O) groups is 3. The summed E-state index contributed by atoms with van der Waals surface area (Å²) < 4.78 is 4.11. The number of hydrogen-bond acceptors (Lipinski definition) is 7. The van der Waals surface area contributed by atoms with Gasteiger partial charge in [0.25, 0.3) is 11.8 Å². The number of thiophene rings is 1. The van der Waals surface area contributed by atoms with E-state index in [0.717, 1.165) is 16.4 Å². The predicted molar refractivity (Wildman–Crippen MR) is 98.8 cm³/mol. The number of primary amides is 1. The molecular weight excluding hydrogens is 372 g/mol. The first-order valence-corrected chi connectivity index (χ1v) is 9.30. The van der Waals surface area contributed by atoms with Crippen molar-refractivity contribution in [2.24, 2.45) is 5.73 Å². The molecule has 3 heterocycles. The Morgan fingerprint density at radius 2 is 2.04 bits per heavy atom. The molecule has 26 heavy (non-hydrogen) atoms. The normalized spacial score (nSPS) is 11.7. The molecule has 132 valence electrons. The molecular formula is C17H14N4O3S2. The molecule has 3 aromatic heterocycles. The lowest BCUT2D eigenvalue weighted by Crippen LogP contribution is -2.47. The summed E-state index contributed by atoms with van der Waals surface area (Å²) in [7, 11) is 0.